The number of H-pyrrole nitrogens is 1. The molecule has 0 radical (unpaired) electrons. The lowest BCUT2D eigenvalue weighted by Crippen LogP contribution is -2.22. The Bertz CT molecular complexity index is 931. The van der Waals surface area contributed by atoms with Gasteiger partial charge in [-0.2, -0.15) is 5.10 Å². The lowest BCUT2D eigenvalue weighted by atomic mass is 10.0. The van der Waals surface area contributed by atoms with Gasteiger partial charge in [0.05, 0.1) is 16.6 Å². The van der Waals surface area contributed by atoms with Crippen LogP contribution in [0.15, 0.2) is 47.5 Å². The van der Waals surface area contributed by atoms with Gasteiger partial charge in [0.1, 0.15) is 0 Å². The normalized spacial score (nSPS) is 12.2. The molecule has 0 fully saturated rings. The number of nitrogens with one attached hydrogen (secondary N) is 1. The van der Waals surface area contributed by atoms with E-state index < -0.39 is 10.0 Å². The van der Waals surface area contributed by atoms with Gasteiger partial charge in [-0.1, -0.05) is 23.7 Å². The Balaban J connectivity index is 2.11. The van der Waals surface area contributed by atoms with E-state index in [0.717, 1.165) is 22.0 Å². The van der Waals surface area contributed by atoms with Crippen molar-refractivity contribution in [1.29, 1.82) is 0 Å². The van der Waals surface area contributed by atoms with Gasteiger partial charge in [0.15, 0.2) is 0 Å². The lowest BCUT2D eigenvalue weighted by Gasteiger charge is -2.12. The molecule has 1 aromatic heterocycles. The van der Waals surface area contributed by atoms with E-state index in [1.807, 2.05) is 6.07 Å². The molecule has 22 heavy (non-hydrogen) atoms. The van der Waals surface area contributed by atoms with Crippen LogP contribution in [0.3, 0.4) is 0 Å². The lowest BCUT2D eigenvalue weighted by molar-refractivity contribution is 0.521. The van der Waals surface area contributed by atoms with Crippen LogP contribution in [0.1, 0.15) is 0 Å². The van der Waals surface area contributed by atoms with Crippen molar-refractivity contribution >= 4 is 32.5 Å². The summed E-state index contributed by atoms with van der Waals surface area (Å²) >= 11 is 6.13. The SMILES string of the molecule is CN(C)S(=O)(=O)c1ccc(-c2cc(Cl)cc3[nH]ncc23)cc1. The van der Waals surface area contributed by atoms with Crippen LogP contribution in [0.4, 0.5) is 0 Å². The predicted molar refractivity (Wildman–Crippen MR) is 87.4 cm³/mol. The molecule has 3 rings (SSSR count). The van der Waals surface area contributed by atoms with Gasteiger partial charge >= 0.3 is 0 Å². The standard InChI is InChI=1S/C15H14ClN3O2S/c1-19(2)22(20,21)12-5-3-10(4-6-12)13-7-11(16)8-15-14(13)9-17-18-15/h3-9H,1-2H3,(H,17,18). The molecule has 0 aliphatic heterocycles. The van der Waals surface area contributed by atoms with E-state index in [-0.39, 0.29) is 4.90 Å². The molecule has 0 aliphatic carbocycles. The van der Waals surface area contributed by atoms with Crippen molar-refractivity contribution in [3.63, 3.8) is 0 Å². The Kier molecular flexibility index (Phi) is 3.68. The number of nitrogens with zero attached hydrogens (tertiary/aromatic N) is 2. The van der Waals surface area contributed by atoms with Crippen LogP contribution in [0.25, 0.3) is 22.0 Å². The Hall–Kier alpha value is -1.89. The van der Waals surface area contributed by atoms with Crippen LogP contribution in [0.2, 0.25) is 5.02 Å². The Morgan fingerprint density at radius 1 is 1.14 bits per heavy atom. The molecule has 114 valence electrons. The maximum absolute atomic E-state index is 12.1. The van der Waals surface area contributed by atoms with E-state index in [9.17, 15) is 8.42 Å². The molecule has 0 unspecified atom stereocenters. The van der Waals surface area contributed by atoms with Gasteiger partial charge in [0, 0.05) is 24.5 Å². The minimum atomic E-state index is -3.43. The number of halogens is 1. The summed E-state index contributed by atoms with van der Waals surface area (Å²) in [5.74, 6) is 0. The van der Waals surface area contributed by atoms with Crippen LogP contribution in [-0.4, -0.2) is 37.0 Å². The van der Waals surface area contributed by atoms with E-state index in [2.05, 4.69) is 10.2 Å². The van der Waals surface area contributed by atoms with Gasteiger partial charge in [0.2, 0.25) is 10.0 Å². The maximum Gasteiger partial charge on any atom is 0.242 e. The monoisotopic (exact) mass is 335 g/mol. The van der Waals surface area contributed by atoms with Crippen molar-refractivity contribution in [1.82, 2.24) is 14.5 Å². The van der Waals surface area contributed by atoms with Gasteiger partial charge in [-0.3, -0.25) is 5.10 Å². The second-order valence-electron chi connectivity index (χ2n) is 5.10. The van der Waals surface area contributed by atoms with Gasteiger partial charge in [-0.15, -0.1) is 0 Å². The summed E-state index contributed by atoms with van der Waals surface area (Å²) in [6.07, 6.45) is 1.73. The average molecular weight is 336 g/mol. The topological polar surface area (TPSA) is 66.1 Å². The highest BCUT2D eigenvalue weighted by molar-refractivity contribution is 7.89. The number of hydrogen-bond donors (Lipinski definition) is 1. The summed E-state index contributed by atoms with van der Waals surface area (Å²) in [4.78, 5) is 0.256. The van der Waals surface area contributed by atoms with E-state index >= 15 is 0 Å². The van der Waals surface area contributed by atoms with Crippen LogP contribution in [0.5, 0.6) is 0 Å². The Morgan fingerprint density at radius 3 is 2.45 bits per heavy atom. The van der Waals surface area contributed by atoms with Gasteiger partial charge in [-0.05, 0) is 35.4 Å². The fourth-order valence-corrected chi connectivity index (χ4v) is 3.39. The van der Waals surface area contributed by atoms with Crippen molar-refractivity contribution in [2.75, 3.05) is 14.1 Å². The first-order chi connectivity index (χ1) is 10.4. The zero-order chi connectivity index (χ0) is 15.9. The minimum absolute atomic E-state index is 0.256. The van der Waals surface area contributed by atoms with Gasteiger partial charge in [0.25, 0.3) is 0 Å². The summed E-state index contributed by atoms with van der Waals surface area (Å²) in [6.45, 7) is 0. The highest BCUT2D eigenvalue weighted by atomic mass is 35.5. The molecule has 0 saturated heterocycles. The molecule has 0 bridgehead atoms. The van der Waals surface area contributed by atoms with Gasteiger partial charge in [-0.25, -0.2) is 12.7 Å². The maximum atomic E-state index is 12.1. The second kappa shape index (κ2) is 5.39. The minimum Gasteiger partial charge on any atom is -0.278 e. The van der Waals surface area contributed by atoms with Crippen LogP contribution < -0.4 is 0 Å². The van der Waals surface area contributed by atoms with Crippen molar-refractivity contribution in [3.05, 3.63) is 47.6 Å². The number of sulfonamides is 1. The number of aromatic amines is 1. The fraction of sp³-hybridized carbons (Fsp3) is 0.133. The van der Waals surface area contributed by atoms with E-state index in [1.54, 1.807) is 36.5 Å². The first-order valence-electron chi connectivity index (χ1n) is 6.55. The molecular weight excluding hydrogens is 322 g/mol. The third-order valence-electron chi connectivity index (χ3n) is 3.47. The molecule has 1 heterocycles. The first kappa shape index (κ1) is 15.0. The van der Waals surface area contributed by atoms with E-state index in [0.29, 0.717) is 5.02 Å². The highest BCUT2D eigenvalue weighted by Gasteiger charge is 2.17. The molecule has 0 aliphatic rings. The third kappa shape index (κ3) is 2.49. The van der Waals surface area contributed by atoms with E-state index in [1.165, 1.54) is 18.4 Å². The molecule has 2 aromatic carbocycles. The predicted octanol–water partition coefficient (Wildman–Crippen LogP) is 3.13. The molecule has 1 N–H and O–H groups in total. The molecule has 0 amide bonds. The highest BCUT2D eigenvalue weighted by Crippen LogP contribution is 2.31. The molecular formula is C15H14ClN3O2S. The average Bonchev–Trinajstić information content (AvgIpc) is 2.94. The zero-order valence-electron chi connectivity index (χ0n) is 12.0. The summed E-state index contributed by atoms with van der Waals surface area (Å²) in [5.41, 5.74) is 2.63. The van der Waals surface area contributed by atoms with E-state index in [4.69, 9.17) is 11.6 Å². The van der Waals surface area contributed by atoms with Gasteiger partial charge < -0.3 is 0 Å². The van der Waals surface area contributed by atoms with Crippen LogP contribution in [-0.2, 0) is 10.0 Å². The fourth-order valence-electron chi connectivity index (χ4n) is 2.27. The molecule has 3 aromatic rings. The summed E-state index contributed by atoms with van der Waals surface area (Å²) in [7, 11) is -0.409. The second-order valence-corrected chi connectivity index (χ2v) is 7.68. The third-order valence-corrected chi connectivity index (χ3v) is 5.51. The first-order valence-corrected chi connectivity index (χ1v) is 8.37. The molecule has 0 saturated carbocycles. The van der Waals surface area contributed by atoms with Crippen LogP contribution >= 0.6 is 11.6 Å². The van der Waals surface area contributed by atoms with Crippen molar-refractivity contribution in [3.8, 4) is 11.1 Å². The number of fused-ring (bicyclic) bond motifs is 1. The number of rotatable bonds is 3. The van der Waals surface area contributed by atoms with Crippen molar-refractivity contribution in [2.24, 2.45) is 0 Å². The smallest absolute Gasteiger partial charge is 0.242 e. The number of hydrogen-bond acceptors (Lipinski definition) is 3. The summed E-state index contributed by atoms with van der Waals surface area (Å²) < 4.78 is 25.4. The van der Waals surface area contributed by atoms with Crippen molar-refractivity contribution < 1.29 is 8.42 Å². The van der Waals surface area contributed by atoms with Crippen LogP contribution in [0, 0.1) is 0 Å². The quantitative estimate of drug-likeness (QED) is 0.799. The number of benzene rings is 2. The molecule has 5 nitrogen and oxygen atoms in total. The summed E-state index contributed by atoms with van der Waals surface area (Å²) in [5, 5.41) is 8.44. The number of aromatic nitrogens is 2. The Labute approximate surface area is 133 Å². The molecule has 0 spiro atoms. The molecule has 7 heteroatoms. The Morgan fingerprint density at radius 2 is 1.82 bits per heavy atom. The summed E-state index contributed by atoms with van der Waals surface area (Å²) in [6, 6.07) is 10.4. The zero-order valence-corrected chi connectivity index (χ0v) is 13.6. The molecule has 0 atom stereocenters. The largest absolute Gasteiger partial charge is 0.278 e. The van der Waals surface area contributed by atoms with Crippen molar-refractivity contribution in [2.45, 2.75) is 4.90 Å².